The van der Waals surface area contributed by atoms with Crippen LogP contribution in [0.15, 0.2) is 36.4 Å². The van der Waals surface area contributed by atoms with Crippen molar-refractivity contribution >= 4 is 22.5 Å². The lowest BCUT2D eigenvalue weighted by atomic mass is 9.91. The molecule has 0 saturated carbocycles. The van der Waals surface area contributed by atoms with E-state index < -0.39 is 0 Å². The highest BCUT2D eigenvalue weighted by atomic mass is 16.3. The Morgan fingerprint density at radius 3 is 2.20 bits per heavy atom. The van der Waals surface area contributed by atoms with Crippen molar-refractivity contribution in [3.63, 3.8) is 0 Å². The summed E-state index contributed by atoms with van der Waals surface area (Å²) >= 11 is 0. The minimum atomic E-state index is -0.113. The molecule has 30 heavy (non-hydrogen) atoms. The Labute approximate surface area is 181 Å². The van der Waals surface area contributed by atoms with Crippen LogP contribution in [0, 0.1) is 0 Å². The first-order chi connectivity index (χ1) is 14.5. The van der Waals surface area contributed by atoms with Crippen LogP contribution >= 0.6 is 0 Å². The molecular weight excluding hydrogens is 374 g/mol. The van der Waals surface area contributed by atoms with E-state index in [9.17, 15) is 14.7 Å². The highest BCUT2D eigenvalue weighted by Gasteiger charge is 2.15. The van der Waals surface area contributed by atoms with Gasteiger partial charge in [-0.05, 0) is 53.6 Å². The van der Waals surface area contributed by atoms with Crippen molar-refractivity contribution in [1.82, 2.24) is 5.32 Å². The maximum Gasteiger partial charge on any atom is 0.220 e. The minimum absolute atomic E-state index is 0.0370. The van der Waals surface area contributed by atoms with Gasteiger partial charge < -0.3 is 10.4 Å². The van der Waals surface area contributed by atoms with Crippen molar-refractivity contribution in [2.24, 2.45) is 0 Å². The van der Waals surface area contributed by atoms with E-state index in [2.05, 4.69) is 25.2 Å². The lowest BCUT2D eigenvalue weighted by molar-refractivity contribution is -0.122. The minimum Gasteiger partial charge on any atom is -0.392 e. The second-order valence-electron chi connectivity index (χ2n) is 8.28. The Hall–Kier alpha value is -2.20. The fourth-order valence-corrected chi connectivity index (χ4v) is 3.81. The van der Waals surface area contributed by atoms with E-state index in [-0.39, 0.29) is 24.2 Å². The van der Waals surface area contributed by atoms with Crippen molar-refractivity contribution < 1.29 is 14.7 Å². The molecule has 0 heterocycles. The summed E-state index contributed by atoms with van der Waals surface area (Å²) in [6, 6.07) is 12.3. The van der Waals surface area contributed by atoms with Crippen LogP contribution in [0.4, 0.5) is 0 Å². The molecule has 0 aliphatic heterocycles. The molecule has 0 aliphatic rings. The summed E-state index contributed by atoms with van der Waals surface area (Å²) < 4.78 is 0. The zero-order chi connectivity index (χ0) is 21.9. The first kappa shape index (κ1) is 24.1. The SMILES string of the molecule is CCC(CC)NC(=O)CCCCCCC(=O)[C@@H](C)c1ccc2cc(CO)ccc2c1. The van der Waals surface area contributed by atoms with Gasteiger partial charge in [-0.3, -0.25) is 9.59 Å². The van der Waals surface area contributed by atoms with Gasteiger partial charge in [0.05, 0.1) is 6.61 Å². The molecule has 164 valence electrons. The van der Waals surface area contributed by atoms with Gasteiger partial charge in [-0.1, -0.05) is 63.9 Å². The van der Waals surface area contributed by atoms with Crippen LogP contribution in [0.3, 0.4) is 0 Å². The van der Waals surface area contributed by atoms with Crippen molar-refractivity contribution in [3.05, 3.63) is 47.5 Å². The van der Waals surface area contributed by atoms with E-state index in [1.165, 1.54) is 0 Å². The van der Waals surface area contributed by atoms with Gasteiger partial charge in [0.2, 0.25) is 5.91 Å². The summed E-state index contributed by atoms with van der Waals surface area (Å²) in [6.07, 6.45) is 6.85. The van der Waals surface area contributed by atoms with Gasteiger partial charge in [-0.25, -0.2) is 0 Å². The number of hydrogen-bond donors (Lipinski definition) is 2. The highest BCUT2D eigenvalue weighted by Crippen LogP contribution is 2.25. The normalized spacial score (nSPS) is 12.3. The molecule has 0 bridgehead atoms. The molecule has 2 rings (SSSR count). The van der Waals surface area contributed by atoms with Crippen LogP contribution in [-0.4, -0.2) is 22.8 Å². The average Bonchev–Trinajstić information content (AvgIpc) is 2.78. The number of amides is 1. The molecule has 1 amide bonds. The summed E-state index contributed by atoms with van der Waals surface area (Å²) in [6.45, 7) is 6.21. The number of nitrogens with one attached hydrogen (secondary N) is 1. The third kappa shape index (κ3) is 7.24. The fourth-order valence-electron chi connectivity index (χ4n) is 3.81. The molecule has 0 fully saturated rings. The van der Waals surface area contributed by atoms with E-state index in [1.807, 2.05) is 37.3 Å². The summed E-state index contributed by atoms with van der Waals surface area (Å²) in [4.78, 5) is 24.5. The molecule has 4 heteroatoms. The number of hydrogen-bond acceptors (Lipinski definition) is 3. The van der Waals surface area contributed by atoms with E-state index >= 15 is 0 Å². The lowest BCUT2D eigenvalue weighted by Gasteiger charge is -2.14. The fraction of sp³-hybridized carbons (Fsp3) is 0.538. The first-order valence-electron chi connectivity index (χ1n) is 11.4. The number of unbranched alkanes of at least 4 members (excludes halogenated alkanes) is 3. The van der Waals surface area contributed by atoms with Crippen LogP contribution in [0.1, 0.15) is 89.2 Å². The van der Waals surface area contributed by atoms with Crippen molar-refractivity contribution in [2.45, 2.75) is 90.7 Å². The van der Waals surface area contributed by atoms with Crippen molar-refractivity contribution in [3.8, 4) is 0 Å². The number of fused-ring (bicyclic) bond motifs is 1. The first-order valence-corrected chi connectivity index (χ1v) is 11.4. The third-order valence-corrected chi connectivity index (χ3v) is 6.02. The van der Waals surface area contributed by atoms with Gasteiger partial charge in [0.1, 0.15) is 5.78 Å². The van der Waals surface area contributed by atoms with Crippen molar-refractivity contribution in [1.29, 1.82) is 0 Å². The molecule has 4 nitrogen and oxygen atoms in total. The van der Waals surface area contributed by atoms with E-state index in [1.54, 1.807) is 0 Å². The van der Waals surface area contributed by atoms with Crippen LogP contribution in [-0.2, 0) is 16.2 Å². The van der Waals surface area contributed by atoms with Gasteiger partial charge in [-0.2, -0.15) is 0 Å². The smallest absolute Gasteiger partial charge is 0.220 e. The molecule has 0 unspecified atom stereocenters. The molecule has 2 aromatic carbocycles. The number of carbonyl (C=O) groups is 2. The highest BCUT2D eigenvalue weighted by molar-refractivity contribution is 5.89. The van der Waals surface area contributed by atoms with Crippen LogP contribution in [0.2, 0.25) is 0 Å². The molecule has 2 aromatic rings. The number of ketones is 1. The molecule has 0 aliphatic carbocycles. The largest absolute Gasteiger partial charge is 0.392 e. The van der Waals surface area contributed by atoms with Gasteiger partial charge in [0, 0.05) is 24.8 Å². The molecule has 0 saturated heterocycles. The summed E-state index contributed by atoms with van der Waals surface area (Å²) in [5.41, 5.74) is 1.94. The van der Waals surface area contributed by atoms with Gasteiger partial charge in [0.25, 0.3) is 0 Å². The quantitative estimate of drug-likeness (QED) is 0.419. The summed E-state index contributed by atoms with van der Waals surface area (Å²) in [5, 5.41) is 14.5. The van der Waals surface area contributed by atoms with Gasteiger partial charge >= 0.3 is 0 Å². The maximum atomic E-state index is 12.6. The second kappa shape index (κ2) is 12.5. The molecule has 0 radical (unpaired) electrons. The van der Waals surface area contributed by atoms with E-state index in [0.717, 1.165) is 60.4 Å². The molecule has 1 atom stereocenters. The zero-order valence-corrected chi connectivity index (χ0v) is 18.7. The number of aliphatic hydroxyl groups excluding tert-OH is 1. The lowest BCUT2D eigenvalue weighted by Crippen LogP contribution is -2.33. The Morgan fingerprint density at radius 2 is 1.53 bits per heavy atom. The monoisotopic (exact) mass is 411 g/mol. The standard InChI is InChI=1S/C26H37NO3/c1-4-24(5-2)27-26(30)11-9-7-6-8-10-25(29)19(3)21-14-15-22-16-20(18-28)12-13-23(22)17-21/h12-17,19,24,28H,4-11,18H2,1-3H3,(H,27,30)/t19-/m0/s1. The molecular formula is C26H37NO3. The Balaban J connectivity index is 1.72. The van der Waals surface area contributed by atoms with Crippen LogP contribution in [0.5, 0.6) is 0 Å². The second-order valence-corrected chi connectivity index (χ2v) is 8.28. The van der Waals surface area contributed by atoms with E-state index in [4.69, 9.17) is 0 Å². The van der Waals surface area contributed by atoms with Gasteiger partial charge in [-0.15, -0.1) is 0 Å². The zero-order valence-electron chi connectivity index (χ0n) is 18.7. The average molecular weight is 412 g/mol. The topological polar surface area (TPSA) is 66.4 Å². The Morgan fingerprint density at radius 1 is 0.900 bits per heavy atom. The predicted octanol–water partition coefficient (Wildman–Crippen LogP) is 5.65. The molecule has 0 spiro atoms. The Kier molecular flexibility index (Phi) is 10.0. The predicted molar refractivity (Wildman–Crippen MR) is 124 cm³/mol. The number of carbonyl (C=O) groups excluding carboxylic acids is 2. The number of aliphatic hydroxyl groups is 1. The van der Waals surface area contributed by atoms with E-state index in [0.29, 0.717) is 18.9 Å². The molecule has 2 N–H and O–H groups in total. The third-order valence-electron chi connectivity index (χ3n) is 6.02. The van der Waals surface area contributed by atoms with Crippen LogP contribution in [0.25, 0.3) is 10.8 Å². The maximum absolute atomic E-state index is 12.6. The number of rotatable bonds is 13. The molecule has 0 aromatic heterocycles. The summed E-state index contributed by atoms with van der Waals surface area (Å²) in [5.74, 6) is 0.307. The number of benzene rings is 2. The summed E-state index contributed by atoms with van der Waals surface area (Å²) in [7, 11) is 0. The van der Waals surface area contributed by atoms with Crippen LogP contribution < -0.4 is 5.32 Å². The van der Waals surface area contributed by atoms with Crippen molar-refractivity contribution in [2.75, 3.05) is 0 Å². The number of Topliss-reactive ketones (excluding diaryl/α,β-unsaturated/α-hetero) is 1. The van der Waals surface area contributed by atoms with Gasteiger partial charge in [0.15, 0.2) is 0 Å². The Bertz CT molecular complexity index is 826.